The summed E-state index contributed by atoms with van der Waals surface area (Å²) in [5.74, 6) is 1.76. The van der Waals surface area contributed by atoms with E-state index < -0.39 is 5.60 Å². The van der Waals surface area contributed by atoms with Gasteiger partial charge in [0.1, 0.15) is 0 Å². The van der Waals surface area contributed by atoms with Crippen LogP contribution in [-0.4, -0.2) is 51.2 Å². The van der Waals surface area contributed by atoms with Crippen molar-refractivity contribution in [3.63, 3.8) is 0 Å². The normalized spacial score (nSPS) is 47.5. The number of hydrogen-bond acceptors (Lipinski definition) is 2. The van der Waals surface area contributed by atoms with Crippen molar-refractivity contribution in [2.75, 3.05) is 13.1 Å². The lowest BCUT2D eigenvalue weighted by atomic mass is 9.52. The summed E-state index contributed by atoms with van der Waals surface area (Å²) in [5.41, 5.74) is -0.465. The number of carbonyl (C=O) groups excluding carboxylic acids is 1. The van der Waals surface area contributed by atoms with Gasteiger partial charge in [-0.15, -0.1) is 0 Å². The highest BCUT2D eigenvalue weighted by atomic mass is 16.3. The molecule has 0 aromatic carbocycles. The Morgan fingerprint density at radius 2 is 1.81 bits per heavy atom. The van der Waals surface area contributed by atoms with Crippen LogP contribution in [0.1, 0.15) is 52.9 Å². The van der Waals surface area contributed by atoms with Crippen LogP contribution in [0.4, 0.5) is 4.79 Å². The van der Waals surface area contributed by atoms with Gasteiger partial charge in [-0.2, -0.15) is 0 Å². The van der Waals surface area contributed by atoms with Gasteiger partial charge in [0.15, 0.2) is 0 Å². The van der Waals surface area contributed by atoms with Crippen molar-refractivity contribution < 1.29 is 9.90 Å². The molecule has 0 spiro atoms. The lowest BCUT2D eigenvalue weighted by Crippen LogP contribution is -2.62. The minimum Gasteiger partial charge on any atom is -0.390 e. The largest absolute Gasteiger partial charge is 0.390 e. The quantitative estimate of drug-likeness (QED) is 0.849. The van der Waals surface area contributed by atoms with Crippen LogP contribution in [0.25, 0.3) is 0 Å². The van der Waals surface area contributed by atoms with E-state index in [4.69, 9.17) is 0 Å². The summed E-state index contributed by atoms with van der Waals surface area (Å²) in [6.07, 6.45) is 5.29. The van der Waals surface area contributed by atoms with E-state index >= 15 is 0 Å². The molecule has 2 amide bonds. The van der Waals surface area contributed by atoms with Crippen molar-refractivity contribution in [3.05, 3.63) is 0 Å². The van der Waals surface area contributed by atoms with E-state index in [-0.39, 0.29) is 11.6 Å². The van der Waals surface area contributed by atoms with Gasteiger partial charge in [0.2, 0.25) is 0 Å². The number of nitrogens with zero attached hydrogens (tertiary/aromatic N) is 2. The van der Waals surface area contributed by atoms with Gasteiger partial charge in [-0.1, -0.05) is 0 Å². The molecule has 1 heterocycles. The molecule has 2 unspecified atom stereocenters. The van der Waals surface area contributed by atoms with Crippen LogP contribution in [0.3, 0.4) is 0 Å². The molecule has 0 radical (unpaired) electrons. The van der Waals surface area contributed by atoms with Crippen LogP contribution in [-0.2, 0) is 0 Å². The molecule has 21 heavy (non-hydrogen) atoms. The molecule has 5 rings (SSSR count). The third-order valence-corrected chi connectivity index (χ3v) is 6.63. The Kier molecular flexibility index (Phi) is 2.74. The van der Waals surface area contributed by atoms with Gasteiger partial charge in [0, 0.05) is 19.1 Å². The van der Waals surface area contributed by atoms with E-state index in [0.717, 1.165) is 32.4 Å². The Morgan fingerprint density at radius 1 is 1.19 bits per heavy atom. The molecule has 0 aromatic heterocycles. The smallest absolute Gasteiger partial charge is 0.320 e. The van der Waals surface area contributed by atoms with Crippen LogP contribution < -0.4 is 0 Å². The fraction of sp³-hybridized carbons (Fsp3) is 0.941. The van der Waals surface area contributed by atoms with Gasteiger partial charge >= 0.3 is 6.03 Å². The van der Waals surface area contributed by atoms with Gasteiger partial charge in [-0.3, -0.25) is 0 Å². The third-order valence-electron chi connectivity index (χ3n) is 6.63. The number of carbonyl (C=O) groups is 1. The molecular formula is C17H28N2O2. The predicted octanol–water partition coefficient (Wildman–Crippen LogP) is 2.46. The third kappa shape index (κ3) is 1.87. The van der Waals surface area contributed by atoms with Crippen molar-refractivity contribution in [2.45, 2.75) is 70.1 Å². The minimum absolute atomic E-state index is 0.0581. The van der Waals surface area contributed by atoms with E-state index in [1.54, 1.807) is 0 Å². The maximum Gasteiger partial charge on any atom is 0.320 e. The molecule has 4 aliphatic carbocycles. The molecule has 1 N–H and O–H groups in total. The maximum atomic E-state index is 12.8. The predicted molar refractivity (Wildman–Crippen MR) is 80.9 cm³/mol. The van der Waals surface area contributed by atoms with Crippen LogP contribution in [0, 0.1) is 17.8 Å². The molecule has 0 aromatic rings. The van der Waals surface area contributed by atoms with Gasteiger partial charge in [0.05, 0.1) is 11.1 Å². The van der Waals surface area contributed by atoms with Gasteiger partial charge < -0.3 is 14.9 Å². The second-order valence-electron chi connectivity index (χ2n) is 8.65. The summed E-state index contributed by atoms with van der Waals surface area (Å²) in [7, 11) is 0. The molecule has 2 atom stereocenters. The van der Waals surface area contributed by atoms with Crippen LogP contribution in [0.5, 0.6) is 0 Å². The molecule has 5 aliphatic rings. The summed E-state index contributed by atoms with van der Waals surface area (Å²) < 4.78 is 0. The summed E-state index contributed by atoms with van der Waals surface area (Å²) in [4.78, 5) is 17.0. The van der Waals surface area contributed by atoms with E-state index in [2.05, 4.69) is 25.7 Å². The first-order valence-corrected chi connectivity index (χ1v) is 8.63. The molecule has 4 saturated carbocycles. The van der Waals surface area contributed by atoms with E-state index in [0.29, 0.717) is 23.8 Å². The van der Waals surface area contributed by atoms with Crippen molar-refractivity contribution >= 4 is 6.03 Å². The van der Waals surface area contributed by atoms with Gasteiger partial charge in [0.25, 0.3) is 0 Å². The van der Waals surface area contributed by atoms with Gasteiger partial charge in [-0.05, 0) is 70.6 Å². The SMILES string of the molecule is CCN1C(=O)N(C2C3CC4CC2CC(O)(C4)C3)CC1(C)C. The zero-order valence-electron chi connectivity index (χ0n) is 13.5. The second-order valence-corrected chi connectivity index (χ2v) is 8.65. The standard InChI is InChI=1S/C17H28N2O2/c1-4-19-15(20)18(10-16(19,2)3)14-12-5-11-6-13(14)9-17(21,7-11)8-12/h11-14,21H,4-10H2,1-3H3. The first-order valence-electron chi connectivity index (χ1n) is 8.63. The first kappa shape index (κ1) is 13.9. The number of amides is 2. The highest BCUT2D eigenvalue weighted by Gasteiger charge is 2.59. The Labute approximate surface area is 127 Å². The number of urea groups is 1. The summed E-state index contributed by atoms with van der Waals surface area (Å²) >= 11 is 0. The topological polar surface area (TPSA) is 43.8 Å². The lowest BCUT2D eigenvalue weighted by Gasteiger charge is -2.59. The minimum atomic E-state index is -0.407. The molecule has 118 valence electrons. The number of hydrogen-bond donors (Lipinski definition) is 1. The molecule has 4 heteroatoms. The zero-order chi connectivity index (χ0) is 15.0. The van der Waals surface area contributed by atoms with Crippen molar-refractivity contribution in [2.24, 2.45) is 17.8 Å². The molecule has 1 aliphatic heterocycles. The second kappa shape index (κ2) is 4.15. The van der Waals surface area contributed by atoms with Crippen molar-refractivity contribution in [1.29, 1.82) is 0 Å². The average Bonchev–Trinajstić information content (AvgIpc) is 2.56. The zero-order valence-corrected chi connectivity index (χ0v) is 13.5. The Morgan fingerprint density at radius 3 is 2.29 bits per heavy atom. The summed E-state index contributed by atoms with van der Waals surface area (Å²) in [5, 5.41) is 10.7. The van der Waals surface area contributed by atoms with E-state index in [1.807, 2.05) is 4.90 Å². The summed E-state index contributed by atoms with van der Waals surface area (Å²) in [6.45, 7) is 8.07. The Bertz CT molecular complexity index is 459. The van der Waals surface area contributed by atoms with Crippen LogP contribution >= 0.6 is 0 Å². The van der Waals surface area contributed by atoms with Crippen molar-refractivity contribution in [1.82, 2.24) is 9.80 Å². The van der Waals surface area contributed by atoms with Crippen LogP contribution in [0.15, 0.2) is 0 Å². The molecule has 4 bridgehead atoms. The average molecular weight is 292 g/mol. The molecule has 5 fully saturated rings. The van der Waals surface area contributed by atoms with E-state index in [1.165, 1.54) is 12.8 Å². The lowest BCUT2D eigenvalue weighted by molar-refractivity contribution is -0.152. The Hall–Kier alpha value is -0.770. The fourth-order valence-corrected chi connectivity index (χ4v) is 6.24. The van der Waals surface area contributed by atoms with Crippen LogP contribution in [0.2, 0.25) is 0 Å². The van der Waals surface area contributed by atoms with E-state index in [9.17, 15) is 9.90 Å². The maximum absolute atomic E-state index is 12.8. The fourth-order valence-electron chi connectivity index (χ4n) is 6.24. The molecule has 1 saturated heterocycles. The molecular weight excluding hydrogens is 264 g/mol. The summed E-state index contributed by atoms with van der Waals surface area (Å²) in [6, 6.07) is 0.608. The van der Waals surface area contributed by atoms with Gasteiger partial charge in [-0.25, -0.2) is 4.79 Å². The molecule has 4 nitrogen and oxygen atoms in total. The monoisotopic (exact) mass is 292 g/mol. The number of likely N-dealkylation sites (N-methyl/N-ethyl adjacent to an activating group) is 1. The van der Waals surface area contributed by atoms with Crippen molar-refractivity contribution in [3.8, 4) is 0 Å². The highest BCUT2D eigenvalue weighted by Crippen LogP contribution is 2.57. The number of rotatable bonds is 2. The first-order chi connectivity index (χ1) is 9.83. The highest BCUT2D eigenvalue weighted by molar-refractivity contribution is 5.78. The number of aliphatic hydroxyl groups is 1. The Balaban J connectivity index is 1.62.